The maximum atomic E-state index is 12.6. The fourth-order valence-corrected chi connectivity index (χ4v) is 3.06. The molecule has 0 radical (unpaired) electrons. The van der Waals surface area contributed by atoms with E-state index in [0.29, 0.717) is 12.3 Å². The maximum Gasteiger partial charge on any atom is 0.290 e. The molecule has 3 atom stereocenters. The van der Waals surface area contributed by atoms with Crippen molar-refractivity contribution in [1.82, 2.24) is 21.3 Å². The van der Waals surface area contributed by atoms with Gasteiger partial charge in [-0.3, -0.25) is 24.0 Å². The van der Waals surface area contributed by atoms with Crippen LogP contribution >= 0.6 is 0 Å². The van der Waals surface area contributed by atoms with Gasteiger partial charge < -0.3 is 21.3 Å². The van der Waals surface area contributed by atoms with Crippen LogP contribution < -0.4 is 21.3 Å². The van der Waals surface area contributed by atoms with Gasteiger partial charge in [0.1, 0.15) is 12.1 Å². The van der Waals surface area contributed by atoms with Crippen molar-refractivity contribution in [2.45, 2.75) is 78.4 Å². The Balaban J connectivity index is 2.90. The number of carbonyl (C=O) groups excluding carboxylic acids is 5. The van der Waals surface area contributed by atoms with Crippen molar-refractivity contribution in [2.75, 3.05) is 6.54 Å². The summed E-state index contributed by atoms with van der Waals surface area (Å²) in [6.45, 7) is 9.38. The predicted octanol–water partition coefficient (Wildman–Crippen LogP) is 0.588. The minimum atomic E-state index is -1.09. The lowest BCUT2D eigenvalue weighted by Gasteiger charge is -2.22. The number of rotatable bonds is 6. The van der Waals surface area contributed by atoms with Crippen LogP contribution in [0.25, 0.3) is 0 Å². The molecule has 0 spiro atoms. The summed E-state index contributed by atoms with van der Waals surface area (Å²) in [7, 11) is 0. The molecule has 0 bridgehead atoms. The number of hydrogen-bond donors (Lipinski definition) is 4. The molecule has 9 heteroatoms. The SMILES string of the molecule is CC(C)CC/C=C/C(=O)N[C@H]1CCCNC(=O)[C@H](C(C)C)NC(=O)C(=O)[C@@H](C)NC1=O. The van der Waals surface area contributed by atoms with E-state index in [1.54, 1.807) is 19.9 Å². The van der Waals surface area contributed by atoms with Gasteiger partial charge >= 0.3 is 0 Å². The van der Waals surface area contributed by atoms with Crippen LogP contribution in [0.5, 0.6) is 0 Å². The van der Waals surface area contributed by atoms with Crippen LogP contribution in [0.4, 0.5) is 0 Å². The number of carbonyl (C=O) groups is 5. The number of allylic oxidation sites excluding steroid dienone is 1. The van der Waals surface area contributed by atoms with Gasteiger partial charge in [-0.15, -0.1) is 0 Å². The van der Waals surface area contributed by atoms with Gasteiger partial charge in [-0.2, -0.15) is 0 Å². The summed E-state index contributed by atoms with van der Waals surface area (Å²) in [5.41, 5.74) is 0. The van der Waals surface area contributed by atoms with Gasteiger partial charge in [-0.25, -0.2) is 0 Å². The summed E-state index contributed by atoms with van der Waals surface area (Å²) in [6.07, 6.45) is 5.57. The highest BCUT2D eigenvalue weighted by Gasteiger charge is 2.31. The molecule has 1 rings (SSSR count). The molecular formula is C22H36N4O5. The second-order valence-electron chi connectivity index (χ2n) is 8.66. The highest BCUT2D eigenvalue weighted by molar-refractivity contribution is 6.38. The van der Waals surface area contributed by atoms with E-state index in [1.165, 1.54) is 13.0 Å². The van der Waals surface area contributed by atoms with Crippen LogP contribution in [-0.4, -0.2) is 54.1 Å². The third-order valence-electron chi connectivity index (χ3n) is 4.99. The molecule has 1 saturated heterocycles. The first kappa shape index (κ1) is 26.3. The second-order valence-corrected chi connectivity index (χ2v) is 8.66. The van der Waals surface area contributed by atoms with Crippen LogP contribution in [0.2, 0.25) is 0 Å². The Morgan fingerprint density at radius 1 is 1.10 bits per heavy atom. The molecule has 1 aliphatic rings. The monoisotopic (exact) mass is 436 g/mol. The molecule has 0 unspecified atom stereocenters. The van der Waals surface area contributed by atoms with Crippen molar-refractivity contribution in [1.29, 1.82) is 0 Å². The minimum Gasteiger partial charge on any atom is -0.354 e. The molecule has 0 aliphatic carbocycles. The molecule has 4 amide bonds. The smallest absolute Gasteiger partial charge is 0.290 e. The van der Waals surface area contributed by atoms with Gasteiger partial charge in [0.15, 0.2) is 0 Å². The average Bonchev–Trinajstić information content (AvgIpc) is 2.69. The molecule has 0 aromatic rings. The largest absolute Gasteiger partial charge is 0.354 e. The molecule has 31 heavy (non-hydrogen) atoms. The lowest BCUT2D eigenvalue weighted by Crippen LogP contribution is -2.55. The molecule has 9 nitrogen and oxygen atoms in total. The van der Waals surface area contributed by atoms with Crippen LogP contribution in [-0.2, 0) is 24.0 Å². The third-order valence-corrected chi connectivity index (χ3v) is 4.99. The molecule has 1 fully saturated rings. The van der Waals surface area contributed by atoms with Gasteiger partial charge in [0.2, 0.25) is 23.5 Å². The molecule has 1 aliphatic heterocycles. The van der Waals surface area contributed by atoms with E-state index in [-0.39, 0.29) is 18.9 Å². The van der Waals surface area contributed by atoms with E-state index in [2.05, 4.69) is 35.1 Å². The summed E-state index contributed by atoms with van der Waals surface area (Å²) >= 11 is 0. The number of Topliss-reactive ketones (excluding diaryl/α,β-unsaturated/α-hetero) is 1. The Bertz CT molecular complexity index is 702. The minimum absolute atomic E-state index is 0.221. The Hall–Kier alpha value is -2.71. The van der Waals surface area contributed by atoms with E-state index in [0.717, 1.165) is 12.8 Å². The Kier molecular flexibility index (Phi) is 10.9. The van der Waals surface area contributed by atoms with Crippen molar-refractivity contribution >= 4 is 29.4 Å². The van der Waals surface area contributed by atoms with Gasteiger partial charge in [0.25, 0.3) is 5.91 Å². The topological polar surface area (TPSA) is 133 Å². The van der Waals surface area contributed by atoms with Crippen LogP contribution in [0.1, 0.15) is 60.3 Å². The Morgan fingerprint density at radius 2 is 1.77 bits per heavy atom. The van der Waals surface area contributed by atoms with Gasteiger partial charge in [-0.1, -0.05) is 33.8 Å². The summed E-state index contributed by atoms with van der Waals surface area (Å²) in [6, 6.07) is -2.84. The lowest BCUT2D eigenvalue weighted by molar-refractivity contribution is -0.141. The summed E-state index contributed by atoms with van der Waals surface area (Å²) in [5, 5.41) is 10.3. The predicted molar refractivity (Wildman–Crippen MR) is 117 cm³/mol. The number of amides is 4. The molecule has 0 saturated carbocycles. The lowest BCUT2D eigenvalue weighted by atomic mass is 10.0. The highest BCUT2D eigenvalue weighted by Crippen LogP contribution is 2.06. The summed E-state index contributed by atoms with van der Waals surface area (Å²) < 4.78 is 0. The second kappa shape index (κ2) is 12.9. The maximum absolute atomic E-state index is 12.6. The fourth-order valence-electron chi connectivity index (χ4n) is 3.06. The molecule has 174 valence electrons. The van der Waals surface area contributed by atoms with Gasteiger partial charge in [0, 0.05) is 6.54 Å². The normalized spacial score (nSPS) is 24.2. The first-order valence-electron chi connectivity index (χ1n) is 10.9. The Labute approximate surface area is 184 Å². The fraction of sp³-hybridized carbons (Fsp3) is 0.682. The molecule has 4 N–H and O–H groups in total. The van der Waals surface area contributed by atoms with Crippen molar-refractivity contribution in [3.63, 3.8) is 0 Å². The van der Waals surface area contributed by atoms with E-state index < -0.39 is 47.5 Å². The molecule has 0 aromatic heterocycles. The zero-order chi connectivity index (χ0) is 23.6. The zero-order valence-electron chi connectivity index (χ0n) is 19.1. The number of hydrogen-bond acceptors (Lipinski definition) is 5. The van der Waals surface area contributed by atoms with Gasteiger partial charge in [-0.05, 0) is 50.5 Å². The molecule has 1 heterocycles. The van der Waals surface area contributed by atoms with Crippen LogP contribution in [0.15, 0.2) is 12.2 Å². The van der Waals surface area contributed by atoms with Crippen LogP contribution in [0.3, 0.4) is 0 Å². The molecule has 0 aromatic carbocycles. The van der Waals surface area contributed by atoms with Gasteiger partial charge in [0.05, 0.1) is 6.04 Å². The molecular weight excluding hydrogens is 400 g/mol. The van der Waals surface area contributed by atoms with E-state index in [1.807, 2.05) is 0 Å². The number of ketones is 1. The standard InChI is InChI=1S/C22H36N4O5/c1-13(2)9-6-7-11-17(27)25-16-10-8-12-23-21(30)18(14(3)4)26-22(31)19(28)15(5)24-20(16)29/h7,11,13-16,18H,6,8-10,12H2,1-5H3,(H,23,30)(H,24,29)(H,25,27)(H,26,31)/b11-7+/t15-,16+,18+/m1/s1. The van der Waals surface area contributed by atoms with Crippen molar-refractivity contribution in [3.8, 4) is 0 Å². The first-order chi connectivity index (χ1) is 14.5. The summed E-state index contributed by atoms with van der Waals surface area (Å²) in [4.78, 5) is 61.9. The third kappa shape index (κ3) is 9.31. The van der Waals surface area contributed by atoms with Crippen LogP contribution in [0, 0.1) is 11.8 Å². The first-order valence-corrected chi connectivity index (χ1v) is 10.9. The van der Waals surface area contributed by atoms with Crippen molar-refractivity contribution < 1.29 is 24.0 Å². The zero-order valence-corrected chi connectivity index (χ0v) is 19.1. The van der Waals surface area contributed by atoms with E-state index >= 15 is 0 Å². The van der Waals surface area contributed by atoms with E-state index in [9.17, 15) is 24.0 Å². The highest BCUT2D eigenvalue weighted by atomic mass is 16.2. The van der Waals surface area contributed by atoms with Crippen molar-refractivity contribution in [2.24, 2.45) is 11.8 Å². The van der Waals surface area contributed by atoms with Crippen molar-refractivity contribution in [3.05, 3.63) is 12.2 Å². The number of nitrogens with one attached hydrogen (secondary N) is 4. The summed E-state index contributed by atoms with van der Waals surface area (Å²) in [5.74, 6) is -2.84. The Morgan fingerprint density at radius 3 is 2.39 bits per heavy atom. The average molecular weight is 437 g/mol. The van der Waals surface area contributed by atoms with E-state index in [4.69, 9.17) is 0 Å². The quantitative estimate of drug-likeness (QED) is 0.357.